The van der Waals surface area contributed by atoms with Crippen LogP contribution in [0.15, 0.2) is 24.3 Å². The van der Waals surface area contributed by atoms with Crippen LogP contribution in [0, 0.1) is 5.82 Å². The number of carbonyl (C=O) groups is 3. The highest BCUT2D eigenvalue weighted by Crippen LogP contribution is 2.23. The fourth-order valence-corrected chi connectivity index (χ4v) is 1.68. The van der Waals surface area contributed by atoms with E-state index in [-0.39, 0.29) is 0 Å². The van der Waals surface area contributed by atoms with Crippen LogP contribution in [-0.4, -0.2) is 22.7 Å². The van der Waals surface area contributed by atoms with Crippen LogP contribution in [0.25, 0.3) is 0 Å². The molecule has 2 rings (SSSR count). The maximum absolute atomic E-state index is 13.0. The SMILES string of the molecule is CC(c1cccc(F)c1)N1C(=O)NC(=O)C1=O. The number of hydrogen-bond acceptors (Lipinski definition) is 3. The van der Waals surface area contributed by atoms with Crippen LogP contribution < -0.4 is 5.32 Å². The van der Waals surface area contributed by atoms with Crippen molar-refractivity contribution in [2.24, 2.45) is 0 Å². The van der Waals surface area contributed by atoms with E-state index in [0.29, 0.717) is 5.56 Å². The summed E-state index contributed by atoms with van der Waals surface area (Å²) in [5, 5.41) is 1.89. The first kappa shape index (κ1) is 11.3. The van der Waals surface area contributed by atoms with Crippen LogP contribution in [0.2, 0.25) is 0 Å². The minimum Gasteiger partial charge on any atom is -0.269 e. The molecule has 0 aromatic heterocycles. The molecule has 1 aromatic carbocycles. The molecule has 1 aliphatic rings. The second kappa shape index (κ2) is 3.97. The molecule has 1 aliphatic heterocycles. The molecule has 1 aromatic rings. The van der Waals surface area contributed by atoms with Crippen molar-refractivity contribution in [2.45, 2.75) is 13.0 Å². The van der Waals surface area contributed by atoms with Crippen molar-refractivity contribution in [2.75, 3.05) is 0 Å². The molecule has 0 bridgehead atoms. The minimum atomic E-state index is -0.960. The Hall–Kier alpha value is -2.24. The van der Waals surface area contributed by atoms with Gasteiger partial charge in [0.25, 0.3) is 0 Å². The van der Waals surface area contributed by atoms with E-state index in [4.69, 9.17) is 0 Å². The number of urea groups is 1. The molecule has 1 saturated heterocycles. The highest BCUT2D eigenvalue weighted by molar-refractivity contribution is 6.44. The van der Waals surface area contributed by atoms with Gasteiger partial charge in [0.15, 0.2) is 0 Å². The van der Waals surface area contributed by atoms with E-state index in [1.807, 2.05) is 5.32 Å². The van der Waals surface area contributed by atoms with Crippen LogP contribution in [0.3, 0.4) is 0 Å². The van der Waals surface area contributed by atoms with Gasteiger partial charge in [-0.05, 0) is 24.6 Å². The summed E-state index contributed by atoms with van der Waals surface area (Å²) in [6.07, 6.45) is 0. The molecule has 5 nitrogen and oxygen atoms in total. The lowest BCUT2D eigenvalue weighted by atomic mass is 10.1. The first-order chi connectivity index (χ1) is 8.00. The Kier molecular flexibility index (Phi) is 2.63. The van der Waals surface area contributed by atoms with Gasteiger partial charge in [-0.1, -0.05) is 12.1 Å². The smallest absolute Gasteiger partial charge is 0.269 e. The standard InChI is InChI=1S/C11H9FN2O3/c1-6(7-3-2-4-8(12)5-7)14-10(16)9(15)13-11(14)17/h2-6H,1H3,(H,13,15,17). The molecular formula is C11H9FN2O3. The van der Waals surface area contributed by atoms with E-state index in [0.717, 1.165) is 4.90 Å². The second-order valence-corrected chi connectivity index (χ2v) is 3.67. The number of hydrogen-bond donors (Lipinski definition) is 1. The monoisotopic (exact) mass is 236 g/mol. The molecule has 0 aliphatic carbocycles. The highest BCUT2D eigenvalue weighted by atomic mass is 19.1. The van der Waals surface area contributed by atoms with Gasteiger partial charge < -0.3 is 0 Å². The largest absolute Gasteiger partial charge is 0.332 e. The highest BCUT2D eigenvalue weighted by Gasteiger charge is 2.40. The number of rotatable bonds is 2. The third-order valence-corrected chi connectivity index (χ3v) is 2.57. The van der Waals surface area contributed by atoms with Crippen molar-refractivity contribution in [1.82, 2.24) is 10.2 Å². The third kappa shape index (κ3) is 1.89. The van der Waals surface area contributed by atoms with Gasteiger partial charge in [-0.15, -0.1) is 0 Å². The number of halogens is 1. The maximum Gasteiger partial charge on any atom is 0.332 e. The summed E-state index contributed by atoms with van der Waals surface area (Å²) in [5.74, 6) is -2.35. The predicted molar refractivity (Wildman–Crippen MR) is 55.2 cm³/mol. The first-order valence-electron chi connectivity index (χ1n) is 4.94. The summed E-state index contributed by atoms with van der Waals surface area (Å²) < 4.78 is 13.0. The van der Waals surface area contributed by atoms with Crippen molar-refractivity contribution in [3.8, 4) is 0 Å². The Labute approximate surface area is 96.2 Å². The average Bonchev–Trinajstić information content (AvgIpc) is 2.52. The quantitative estimate of drug-likeness (QED) is 0.614. The predicted octanol–water partition coefficient (Wildman–Crippen LogP) is 0.965. The van der Waals surface area contributed by atoms with Crippen LogP contribution in [0.1, 0.15) is 18.5 Å². The molecule has 88 valence electrons. The van der Waals surface area contributed by atoms with E-state index in [1.165, 1.54) is 18.2 Å². The molecular weight excluding hydrogens is 227 g/mol. The van der Waals surface area contributed by atoms with E-state index >= 15 is 0 Å². The summed E-state index contributed by atoms with van der Waals surface area (Å²) >= 11 is 0. The molecule has 4 amide bonds. The van der Waals surface area contributed by atoms with Gasteiger partial charge in [0.1, 0.15) is 5.82 Å². The number of amides is 4. The maximum atomic E-state index is 13.0. The lowest BCUT2D eigenvalue weighted by Gasteiger charge is -2.20. The normalized spacial score (nSPS) is 17.3. The van der Waals surface area contributed by atoms with Gasteiger partial charge in [-0.2, -0.15) is 0 Å². The molecule has 1 atom stereocenters. The van der Waals surface area contributed by atoms with Crippen LogP contribution >= 0.6 is 0 Å². The molecule has 0 saturated carbocycles. The molecule has 6 heteroatoms. The molecule has 0 spiro atoms. The van der Waals surface area contributed by atoms with Gasteiger partial charge in [-0.3, -0.25) is 14.9 Å². The number of nitrogens with zero attached hydrogens (tertiary/aromatic N) is 1. The Bertz CT molecular complexity index is 515. The Morgan fingerprint density at radius 2 is 2.00 bits per heavy atom. The summed E-state index contributed by atoms with van der Waals surface area (Å²) in [5.41, 5.74) is 0.447. The molecule has 1 heterocycles. The Morgan fingerprint density at radius 1 is 1.29 bits per heavy atom. The van der Waals surface area contributed by atoms with Crippen molar-refractivity contribution >= 4 is 17.8 Å². The van der Waals surface area contributed by atoms with Crippen LogP contribution in [0.4, 0.5) is 9.18 Å². The number of nitrogens with one attached hydrogen (secondary N) is 1. The summed E-state index contributed by atoms with van der Waals surface area (Å²) in [7, 11) is 0. The van der Waals surface area contributed by atoms with Crippen molar-refractivity contribution in [3.05, 3.63) is 35.6 Å². The average molecular weight is 236 g/mol. The van der Waals surface area contributed by atoms with E-state index in [1.54, 1.807) is 13.0 Å². The van der Waals surface area contributed by atoms with Crippen LogP contribution in [0.5, 0.6) is 0 Å². The summed E-state index contributed by atoms with van der Waals surface area (Å²) in [6, 6.07) is 4.06. The van der Waals surface area contributed by atoms with Crippen molar-refractivity contribution in [1.29, 1.82) is 0 Å². The van der Waals surface area contributed by atoms with Gasteiger partial charge >= 0.3 is 17.8 Å². The van der Waals surface area contributed by atoms with E-state index in [9.17, 15) is 18.8 Å². The topological polar surface area (TPSA) is 66.5 Å². The Morgan fingerprint density at radius 3 is 2.53 bits per heavy atom. The fraction of sp³-hybridized carbons (Fsp3) is 0.182. The molecule has 1 fully saturated rings. The van der Waals surface area contributed by atoms with Crippen molar-refractivity contribution < 1.29 is 18.8 Å². The van der Waals surface area contributed by atoms with Crippen molar-refractivity contribution in [3.63, 3.8) is 0 Å². The summed E-state index contributed by atoms with van der Waals surface area (Å²) in [6.45, 7) is 1.55. The van der Waals surface area contributed by atoms with Gasteiger partial charge in [0, 0.05) is 0 Å². The zero-order valence-electron chi connectivity index (χ0n) is 8.94. The lowest BCUT2D eigenvalue weighted by Crippen LogP contribution is -2.33. The fourth-order valence-electron chi connectivity index (χ4n) is 1.68. The second-order valence-electron chi connectivity index (χ2n) is 3.67. The third-order valence-electron chi connectivity index (χ3n) is 2.57. The molecule has 1 N–H and O–H groups in total. The Balaban J connectivity index is 2.32. The van der Waals surface area contributed by atoms with E-state index in [2.05, 4.69) is 0 Å². The summed E-state index contributed by atoms with van der Waals surface area (Å²) in [4.78, 5) is 34.6. The first-order valence-corrected chi connectivity index (χ1v) is 4.94. The minimum absolute atomic E-state index is 0.447. The molecule has 17 heavy (non-hydrogen) atoms. The number of benzene rings is 1. The van der Waals surface area contributed by atoms with Gasteiger partial charge in [0.2, 0.25) is 0 Å². The molecule has 0 radical (unpaired) electrons. The van der Waals surface area contributed by atoms with Gasteiger partial charge in [-0.25, -0.2) is 14.1 Å². The lowest BCUT2D eigenvalue weighted by molar-refractivity contribution is -0.141. The molecule has 1 unspecified atom stereocenters. The zero-order valence-corrected chi connectivity index (χ0v) is 8.94. The number of carbonyl (C=O) groups excluding carboxylic acids is 3. The van der Waals surface area contributed by atoms with Crippen LogP contribution in [-0.2, 0) is 9.59 Å². The van der Waals surface area contributed by atoms with E-state index < -0.39 is 29.7 Å². The zero-order chi connectivity index (χ0) is 12.6. The number of imide groups is 2. The van der Waals surface area contributed by atoms with Gasteiger partial charge in [0.05, 0.1) is 6.04 Å².